The summed E-state index contributed by atoms with van der Waals surface area (Å²) in [5, 5.41) is 5.31. The number of hydrogen-bond donors (Lipinski definition) is 2. The van der Waals surface area contributed by atoms with Gasteiger partial charge in [0, 0.05) is 6.54 Å². The molecular formula is C18H23N3O4. The number of rotatable bonds is 9. The number of benzene rings is 1. The molecule has 25 heavy (non-hydrogen) atoms. The lowest BCUT2D eigenvalue weighted by atomic mass is 10.2. The first-order valence-corrected chi connectivity index (χ1v) is 7.97. The lowest BCUT2D eigenvalue weighted by Crippen LogP contribution is -2.41. The molecule has 0 aliphatic carbocycles. The van der Waals surface area contributed by atoms with Crippen molar-refractivity contribution in [3.05, 3.63) is 54.5 Å². The molecule has 0 aliphatic rings. The van der Waals surface area contributed by atoms with Crippen LogP contribution in [0.5, 0.6) is 5.75 Å². The van der Waals surface area contributed by atoms with E-state index in [1.54, 1.807) is 24.5 Å². The van der Waals surface area contributed by atoms with Gasteiger partial charge in [0.05, 0.1) is 18.8 Å². The minimum atomic E-state index is -0.353. The lowest BCUT2D eigenvalue weighted by Gasteiger charge is -2.22. The summed E-state index contributed by atoms with van der Waals surface area (Å²) < 4.78 is 10.7. The van der Waals surface area contributed by atoms with E-state index in [0.717, 1.165) is 5.76 Å². The third kappa shape index (κ3) is 6.31. The second-order valence-corrected chi connectivity index (χ2v) is 5.68. The van der Waals surface area contributed by atoms with Crippen molar-refractivity contribution in [2.45, 2.75) is 6.04 Å². The van der Waals surface area contributed by atoms with Crippen molar-refractivity contribution in [1.82, 2.24) is 15.5 Å². The normalized spacial score (nSPS) is 11.8. The van der Waals surface area contributed by atoms with Crippen LogP contribution in [0, 0.1) is 0 Å². The van der Waals surface area contributed by atoms with Crippen LogP contribution in [0.3, 0.4) is 0 Å². The molecule has 1 atom stereocenters. The monoisotopic (exact) mass is 345 g/mol. The number of nitrogens with one attached hydrogen (secondary N) is 2. The van der Waals surface area contributed by atoms with E-state index in [1.165, 1.54) is 0 Å². The van der Waals surface area contributed by atoms with Crippen LogP contribution < -0.4 is 15.4 Å². The highest BCUT2D eigenvalue weighted by molar-refractivity contribution is 5.85. The van der Waals surface area contributed by atoms with E-state index in [2.05, 4.69) is 10.6 Å². The van der Waals surface area contributed by atoms with E-state index < -0.39 is 0 Å². The molecule has 1 unspecified atom stereocenters. The lowest BCUT2D eigenvalue weighted by molar-refractivity contribution is -0.127. The Morgan fingerprint density at radius 2 is 1.84 bits per heavy atom. The number of para-hydroxylation sites is 1. The van der Waals surface area contributed by atoms with Crippen LogP contribution in [0.25, 0.3) is 0 Å². The van der Waals surface area contributed by atoms with Gasteiger partial charge in [-0.1, -0.05) is 18.2 Å². The quantitative estimate of drug-likeness (QED) is 0.713. The Kier molecular flexibility index (Phi) is 7.03. The van der Waals surface area contributed by atoms with E-state index in [4.69, 9.17) is 9.15 Å². The van der Waals surface area contributed by atoms with E-state index >= 15 is 0 Å². The Morgan fingerprint density at radius 1 is 1.08 bits per heavy atom. The number of furan rings is 1. The Morgan fingerprint density at radius 3 is 2.48 bits per heavy atom. The van der Waals surface area contributed by atoms with Crippen LogP contribution in [0.2, 0.25) is 0 Å². The highest BCUT2D eigenvalue weighted by Gasteiger charge is 2.17. The van der Waals surface area contributed by atoms with E-state index in [1.807, 2.05) is 43.3 Å². The molecule has 7 nitrogen and oxygen atoms in total. The molecule has 2 rings (SSSR count). The first-order valence-electron chi connectivity index (χ1n) is 7.97. The van der Waals surface area contributed by atoms with E-state index in [0.29, 0.717) is 12.3 Å². The van der Waals surface area contributed by atoms with Crippen LogP contribution in [-0.2, 0) is 9.59 Å². The second kappa shape index (κ2) is 9.48. The van der Waals surface area contributed by atoms with E-state index in [-0.39, 0.29) is 31.0 Å². The van der Waals surface area contributed by atoms with Crippen LogP contribution in [0.15, 0.2) is 53.1 Å². The van der Waals surface area contributed by atoms with Crippen molar-refractivity contribution < 1.29 is 18.7 Å². The van der Waals surface area contributed by atoms with Gasteiger partial charge < -0.3 is 19.8 Å². The van der Waals surface area contributed by atoms with E-state index in [9.17, 15) is 9.59 Å². The summed E-state index contributed by atoms with van der Waals surface area (Å²) in [6, 6.07) is 12.6. The average Bonchev–Trinajstić information content (AvgIpc) is 3.13. The standard InChI is InChI=1S/C18H23N3O4/c1-21(2)15(16-9-6-10-24-16)11-19-17(22)12-20-18(23)13-25-14-7-4-3-5-8-14/h3-10,15H,11-13H2,1-2H3,(H,19,22)(H,20,23). The third-order valence-electron chi connectivity index (χ3n) is 3.55. The Hall–Kier alpha value is -2.80. The Balaban J connectivity index is 1.68. The zero-order valence-corrected chi connectivity index (χ0v) is 14.4. The van der Waals surface area contributed by atoms with Crippen molar-refractivity contribution in [3.63, 3.8) is 0 Å². The van der Waals surface area contributed by atoms with Crippen molar-refractivity contribution in [1.29, 1.82) is 0 Å². The maximum atomic E-state index is 11.9. The smallest absolute Gasteiger partial charge is 0.258 e. The van der Waals surface area contributed by atoms with Gasteiger partial charge in [-0.15, -0.1) is 0 Å². The molecule has 2 aromatic rings. The highest BCUT2D eigenvalue weighted by atomic mass is 16.5. The first-order chi connectivity index (χ1) is 12.1. The second-order valence-electron chi connectivity index (χ2n) is 5.68. The Bertz CT molecular complexity index is 656. The molecule has 1 aromatic heterocycles. The molecule has 2 N–H and O–H groups in total. The maximum Gasteiger partial charge on any atom is 0.258 e. The van der Waals surface area contributed by atoms with Gasteiger partial charge >= 0.3 is 0 Å². The SMILES string of the molecule is CN(C)C(CNC(=O)CNC(=O)COc1ccccc1)c1ccco1. The zero-order valence-electron chi connectivity index (χ0n) is 14.4. The van der Waals surface area contributed by atoms with Crippen LogP contribution >= 0.6 is 0 Å². The molecule has 0 aliphatic heterocycles. The molecule has 0 fully saturated rings. The number of ether oxygens (including phenoxy) is 1. The molecule has 134 valence electrons. The van der Waals surface area contributed by atoms with Crippen molar-refractivity contribution in [2.24, 2.45) is 0 Å². The van der Waals surface area contributed by atoms with Gasteiger partial charge in [-0.3, -0.25) is 14.5 Å². The summed E-state index contributed by atoms with van der Waals surface area (Å²) in [5.41, 5.74) is 0. The number of amides is 2. The molecule has 7 heteroatoms. The van der Waals surface area contributed by atoms with Crippen molar-refractivity contribution >= 4 is 11.8 Å². The molecule has 1 heterocycles. The van der Waals surface area contributed by atoms with Crippen LogP contribution in [0.4, 0.5) is 0 Å². The molecular weight excluding hydrogens is 322 g/mol. The fraction of sp³-hybridized carbons (Fsp3) is 0.333. The van der Waals surface area contributed by atoms with Crippen LogP contribution in [-0.4, -0.2) is 50.5 Å². The van der Waals surface area contributed by atoms with Crippen LogP contribution in [0.1, 0.15) is 11.8 Å². The molecule has 2 amide bonds. The topological polar surface area (TPSA) is 83.8 Å². The Labute approximate surface area is 146 Å². The first kappa shape index (κ1) is 18.5. The fourth-order valence-corrected chi connectivity index (χ4v) is 2.19. The van der Waals surface area contributed by atoms with Gasteiger partial charge in [0.2, 0.25) is 5.91 Å². The predicted octanol–water partition coefficient (Wildman–Crippen LogP) is 1.19. The predicted molar refractivity (Wildman–Crippen MR) is 93.1 cm³/mol. The van der Waals surface area contributed by atoms with Gasteiger partial charge in [0.25, 0.3) is 5.91 Å². The summed E-state index contributed by atoms with van der Waals surface area (Å²) in [5.74, 6) is 0.751. The van der Waals surface area contributed by atoms with Crippen molar-refractivity contribution in [2.75, 3.05) is 33.8 Å². The number of likely N-dealkylation sites (N-methyl/N-ethyl adjacent to an activating group) is 1. The summed E-state index contributed by atoms with van der Waals surface area (Å²) in [6.07, 6.45) is 1.60. The van der Waals surface area contributed by atoms with Crippen molar-refractivity contribution in [3.8, 4) is 5.75 Å². The molecule has 0 saturated heterocycles. The molecule has 1 aromatic carbocycles. The number of carbonyl (C=O) groups is 2. The average molecular weight is 345 g/mol. The van der Waals surface area contributed by atoms with Gasteiger partial charge in [0.15, 0.2) is 6.61 Å². The zero-order chi connectivity index (χ0) is 18.1. The largest absolute Gasteiger partial charge is 0.484 e. The number of nitrogens with zero attached hydrogens (tertiary/aromatic N) is 1. The summed E-state index contributed by atoms with van der Waals surface area (Å²) in [7, 11) is 3.81. The third-order valence-corrected chi connectivity index (χ3v) is 3.55. The number of carbonyl (C=O) groups excluding carboxylic acids is 2. The molecule has 0 saturated carbocycles. The van der Waals surface area contributed by atoms with Gasteiger partial charge in [-0.05, 0) is 38.4 Å². The minimum absolute atomic E-state index is 0.0731. The fourth-order valence-electron chi connectivity index (χ4n) is 2.19. The van der Waals surface area contributed by atoms with Gasteiger partial charge in [-0.25, -0.2) is 0 Å². The summed E-state index contributed by atoms with van der Waals surface area (Å²) >= 11 is 0. The summed E-state index contributed by atoms with van der Waals surface area (Å²) in [6.45, 7) is 0.148. The molecule has 0 bridgehead atoms. The van der Waals surface area contributed by atoms with Gasteiger partial charge in [-0.2, -0.15) is 0 Å². The molecule has 0 radical (unpaired) electrons. The number of hydrogen-bond acceptors (Lipinski definition) is 5. The van der Waals surface area contributed by atoms with Gasteiger partial charge in [0.1, 0.15) is 11.5 Å². The molecule has 0 spiro atoms. The maximum absolute atomic E-state index is 11.9. The summed E-state index contributed by atoms with van der Waals surface area (Å²) in [4.78, 5) is 25.6. The highest BCUT2D eigenvalue weighted by Crippen LogP contribution is 2.17. The minimum Gasteiger partial charge on any atom is -0.484 e.